The van der Waals surface area contributed by atoms with E-state index >= 15 is 0 Å². The van der Waals surface area contributed by atoms with Crippen molar-refractivity contribution in [1.29, 1.82) is 0 Å². The lowest BCUT2D eigenvalue weighted by atomic mass is 9.60. The molecule has 2 bridgehead atoms. The first-order chi connectivity index (χ1) is 15.2. The zero-order chi connectivity index (χ0) is 22.9. The minimum Gasteiger partial charge on any atom is -0.0712 e. The van der Waals surface area contributed by atoms with Gasteiger partial charge in [0.05, 0.1) is 14.9 Å². The van der Waals surface area contributed by atoms with Crippen molar-refractivity contribution in [2.45, 2.75) is 26.8 Å². The Morgan fingerprint density at radius 1 is 0.406 bits per heavy atom. The smallest absolute Gasteiger partial charge is 0.0712 e. The molecule has 3 aliphatic carbocycles. The highest BCUT2D eigenvalue weighted by atomic mass is 79.9. The molecule has 166 valence electrons. The summed E-state index contributed by atoms with van der Waals surface area (Å²) >= 11 is 30.0. The third-order valence-corrected chi connectivity index (χ3v) is 10.3. The van der Waals surface area contributed by atoms with E-state index in [1.54, 1.807) is 0 Å². The molecule has 0 N–H and O–H groups in total. The summed E-state index contributed by atoms with van der Waals surface area (Å²) in [4.78, 5) is 0. The van der Waals surface area contributed by atoms with E-state index in [0.29, 0.717) is 0 Å². The van der Waals surface area contributed by atoms with Crippen LogP contribution in [0.1, 0.15) is 82.4 Å². The van der Waals surface area contributed by atoms with Crippen molar-refractivity contribution in [2.24, 2.45) is 0 Å². The minimum absolute atomic E-state index is 0.0815. The van der Waals surface area contributed by atoms with Gasteiger partial charge in [-0.3, -0.25) is 0 Å². The predicted molar refractivity (Wildman–Crippen MR) is 164 cm³/mol. The lowest BCUT2D eigenvalue weighted by molar-refractivity contribution is 0.748. The van der Waals surface area contributed by atoms with E-state index < -0.39 is 0 Å². The summed E-state index contributed by atoms with van der Waals surface area (Å²) in [7, 11) is 0. The molecular weight excluding hydrogens is 927 g/mol. The van der Waals surface area contributed by atoms with E-state index in [9.17, 15) is 0 Å². The van der Waals surface area contributed by atoms with Crippen molar-refractivity contribution in [3.8, 4) is 0 Å². The van der Waals surface area contributed by atoms with Crippen LogP contribution < -0.4 is 0 Å². The van der Waals surface area contributed by atoms with Crippen LogP contribution in [0.5, 0.6) is 0 Å². The van der Waals surface area contributed by atoms with Gasteiger partial charge in [-0.1, -0.05) is 176 Å². The van der Waals surface area contributed by atoms with E-state index in [4.69, 9.17) is 0 Å². The van der Waals surface area contributed by atoms with E-state index in [0.717, 1.165) is 0 Å². The molecule has 0 nitrogen and oxygen atoms in total. The largest absolute Gasteiger partial charge is 0.0949 e. The maximum absolute atomic E-state index is 3.75. The fraction of sp³-hybridized carbons (Fsp3) is 0.250. The summed E-state index contributed by atoms with van der Waals surface area (Å²) in [6.07, 6.45) is 0. The summed E-state index contributed by atoms with van der Waals surface area (Å²) < 4.78 is 0.326. The highest BCUT2D eigenvalue weighted by Crippen LogP contribution is 2.59. The second-order valence-electron chi connectivity index (χ2n) is 7.92. The zero-order valence-corrected chi connectivity index (χ0v) is 28.8. The van der Waals surface area contributed by atoms with Crippen LogP contribution in [0.4, 0.5) is 0 Å². The summed E-state index contributed by atoms with van der Waals surface area (Å²) in [6.45, 7) is 0. The third-order valence-electron chi connectivity index (χ3n) is 6.38. The molecule has 0 unspecified atom stereocenters. The standard InChI is InChI=1S/C24H14Br8/c25-21(26)15-5-11-13(7-17(15)23(29)30)20-10-4-2-1-3-9(10)19(11)12-6-16(22(27)28)18(24(31)32)8-14(12)20/h1-8,19-24H. The zero-order valence-electron chi connectivity index (χ0n) is 16.1. The number of rotatable bonds is 4. The van der Waals surface area contributed by atoms with Crippen LogP contribution in [0.3, 0.4) is 0 Å². The van der Waals surface area contributed by atoms with Gasteiger partial charge in [0.1, 0.15) is 0 Å². The highest BCUT2D eigenvalue weighted by Gasteiger charge is 2.43. The van der Waals surface area contributed by atoms with E-state index in [2.05, 4.69) is 176 Å². The Hall–Kier alpha value is 1.50. The molecule has 0 saturated carbocycles. The van der Waals surface area contributed by atoms with Crippen molar-refractivity contribution in [2.75, 3.05) is 0 Å². The summed E-state index contributed by atoms with van der Waals surface area (Å²) in [5.41, 5.74) is 13.4. The van der Waals surface area contributed by atoms with Gasteiger partial charge >= 0.3 is 0 Å². The number of hydrogen-bond acceptors (Lipinski definition) is 0. The fourth-order valence-corrected chi connectivity index (χ4v) is 8.31. The topological polar surface area (TPSA) is 0 Å². The molecular formula is C24H14Br8. The van der Waals surface area contributed by atoms with Gasteiger partial charge in [0.2, 0.25) is 0 Å². The molecule has 3 aromatic carbocycles. The van der Waals surface area contributed by atoms with Gasteiger partial charge in [-0.2, -0.15) is 0 Å². The SMILES string of the molecule is BrC(Br)c1cc2c(cc1C(Br)Br)C1c3ccccc3C2c2cc(C(Br)Br)c(C(Br)Br)cc21. The quantitative estimate of drug-likeness (QED) is 0.158. The lowest BCUT2D eigenvalue weighted by Gasteiger charge is -2.43. The van der Waals surface area contributed by atoms with Gasteiger partial charge in [0, 0.05) is 11.8 Å². The molecule has 6 rings (SSSR count). The van der Waals surface area contributed by atoms with Gasteiger partial charge in [-0.15, -0.1) is 0 Å². The average Bonchev–Trinajstić information content (AvgIpc) is 2.76. The summed E-state index contributed by atoms with van der Waals surface area (Å²) in [5, 5.41) is 0. The van der Waals surface area contributed by atoms with Crippen LogP contribution in [0, 0.1) is 0 Å². The Bertz CT molecular complexity index is 1050. The van der Waals surface area contributed by atoms with Gasteiger partial charge in [0.15, 0.2) is 0 Å². The van der Waals surface area contributed by atoms with Crippen molar-refractivity contribution >= 4 is 127 Å². The van der Waals surface area contributed by atoms with Crippen LogP contribution in [0.15, 0.2) is 48.5 Å². The molecule has 0 fully saturated rings. The minimum atomic E-state index is 0.0815. The third kappa shape index (κ3) is 4.10. The Labute approximate surface area is 255 Å². The highest BCUT2D eigenvalue weighted by molar-refractivity contribution is 9.25. The summed E-state index contributed by atoms with van der Waals surface area (Å²) in [6, 6.07) is 18.5. The monoisotopic (exact) mass is 933 g/mol. The molecule has 0 radical (unpaired) electrons. The van der Waals surface area contributed by atoms with Crippen LogP contribution in [0.2, 0.25) is 0 Å². The van der Waals surface area contributed by atoms with E-state index in [1.165, 1.54) is 55.6 Å². The number of halogens is 8. The number of alkyl halides is 8. The van der Waals surface area contributed by atoms with Crippen molar-refractivity contribution in [3.63, 3.8) is 0 Å². The summed E-state index contributed by atoms with van der Waals surface area (Å²) in [5.74, 6) is 0.431. The molecule has 0 aliphatic heterocycles. The van der Waals surface area contributed by atoms with Crippen molar-refractivity contribution in [3.05, 3.63) is 104 Å². The first-order valence-corrected chi connectivity index (χ1v) is 17.1. The van der Waals surface area contributed by atoms with Gasteiger partial charge in [0.25, 0.3) is 0 Å². The fourth-order valence-electron chi connectivity index (χ4n) is 5.13. The van der Waals surface area contributed by atoms with Crippen LogP contribution >= 0.6 is 127 Å². The Balaban J connectivity index is 1.84. The van der Waals surface area contributed by atoms with Crippen LogP contribution in [-0.2, 0) is 0 Å². The average molecular weight is 942 g/mol. The van der Waals surface area contributed by atoms with Crippen molar-refractivity contribution < 1.29 is 0 Å². The molecule has 0 atom stereocenters. The molecule has 0 aromatic heterocycles. The van der Waals surface area contributed by atoms with Crippen LogP contribution in [0.25, 0.3) is 0 Å². The molecule has 0 spiro atoms. The van der Waals surface area contributed by atoms with Crippen LogP contribution in [-0.4, -0.2) is 0 Å². The molecule has 8 heteroatoms. The number of hydrogen-bond donors (Lipinski definition) is 0. The van der Waals surface area contributed by atoms with E-state index in [1.807, 2.05) is 0 Å². The second-order valence-corrected chi connectivity index (χ2v) is 20.2. The van der Waals surface area contributed by atoms with Gasteiger partial charge in [-0.25, -0.2) is 0 Å². The lowest BCUT2D eigenvalue weighted by Crippen LogP contribution is -2.28. The number of benzene rings is 3. The van der Waals surface area contributed by atoms with Gasteiger partial charge in [-0.05, 0) is 55.6 Å². The van der Waals surface area contributed by atoms with E-state index in [-0.39, 0.29) is 26.8 Å². The normalized spacial score (nSPS) is 18.5. The Kier molecular flexibility index (Phi) is 7.67. The molecule has 3 aromatic rings. The molecule has 0 heterocycles. The maximum atomic E-state index is 3.75. The van der Waals surface area contributed by atoms with Gasteiger partial charge < -0.3 is 0 Å². The first-order valence-electron chi connectivity index (χ1n) is 9.77. The van der Waals surface area contributed by atoms with Crippen molar-refractivity contribution in [1.82, 2.24) is 0 Å². The Morgan fingerprint density at radius 3 is 0.875 bits per heavy atom. The Morgan fingerprint density at radius 2 is 0.656 bits per heavy atom. The molecule has 3 aliphatic rings. The molecule has 32 heavy (non-hydrogen) atoms. The first kappa shape index (κ1) is 25.2. The molecule has 0 amide bonds. The maximum Gasteiger partial charge on any atom is 0.0949 e. The second kappa shape index (κ2) is 9.75. The predicted octanol–water partition coefficient (Wildman–Crippen LogP) is 11.8. The molecule has 0 saturated heterocycles.